The van der Waals surface area contributed by atoms with Gasteiger partial charge in [0.2, 0.25) is 17.8 Å². The van der Waals surface area contributed by atoms with Gasteiger partial charge in [-0.1, -0.05) is 26.8 Å². The molecule has 30 heavy (non-hydrogen) atoms. The van der Waals surface area contributed by atoms with Gasteiger partial charge in [-0.05, 0) is 43.0 Å². The number of nitrogens with zero attached hydrogens (tertiary/aromatic N) is 4. The van der Waals surface area contributed by atoms with Crippen molar-refractivity contribution in [3.05, 3.63) is 29.3 Å². The lowest BCUT2D eigenvalue weighted by atomic mass is 9.96. The minimum Gasteiger partial charge on any atom is -0.459 e. The van der Waals surface area contributed by atoms with E-state index in [0.717, 1.165) is 31.6 Å². The molecule has 1 aliphatic rings. The van der Waals surface area contributed by atoms with Crippen LogP contribution in [0.1, 0.15) is 43.1 Å². The summed E-state index contributed by atoms with van der Waals surface area (Å²) in [7, 11) is 1.95. The van der Waals surface area contributed by atoms with Crippen LogP contribution in [0.3, 0.4) is 0 Å². The molecule has 1 aliphatic heterocycles. The third-order valence-corrected chi connectivity index (χ3v) is 4.71. The molecular formula is C21H31N7O2. The molecule has 0 radical (unpaired) electrons. The Morgan fingerprint density at radius 2 is 2.10 bits per heavy atom. The summed E-state index contributed by atoms with van der Waals surface area (Å²) < 4.78 is 6.00. The largest absolute Gasteiger partial charge is 0.459 e. The Hall–Kier alpha value is -2.94. The number of nitrogens with two attached hydrogens (primary N) is 1. The number of nitrogens with one attached hydrogen (secondary N) is 2. The van der Waals surface area contributed by atoms with Gasteiger partial charge in [0.05, 0.1) is 0 Å². The normalized spacial score (nSPS) is 16.4. The molecule has 0 aliphatic carbocycles. The standard InChI is InChI=1S/C21H31N7O2/c1-13-6-7-14(17(22)29)10-16(13)24-18-25-19(28(5)12-21(2,3)4)27-20(26-18)30-15-8-9-23-11-15/h6-7,10,15,23H,8-9,11-12H2,1-5H3,(H2,22,29)(H,24,25,26,27)/t15-/m1/s1. The highest BCUT2D eigenvalue weighted by molar-refractivity contribution is 5.94. The number of benzene rings is 1. The Labute approximate surface area is 177 Å². The molecule has 2 aromatic rings. The summed E-state index contributed by atoms with van der Waals surface area (Å²) in [5.74, 6) is 0.385. The fraction of sp³-hybridized carbons (Fsp3) is 0.524. The lowest BCUT2D eigenvalue weighted by Gasteiger charge is -2.27. The molecule has 0 bridgehead atoms. The first-order valence-corrected chi connectivity index (χ1v) is 10.1. The van der Waals surface area contributed by atoms with Gasteiger partial charge in [-0.15, -0.1) is 0 Å². The minimum atomic E-state index is -0.489. The molecule has 2 heterocycles. The summed E-state index contributed by atoms with van der Waals surface area (Å²) >= 11 is 0. The van der Waals surface area contributed by atoms with E-state index in [0.29, 0.717) is 23.1 Å². The van der Waals surface area contributed by atoms with E-state index in [-0.39, 0.29) is 17.5 Å². The summed E-state index contributed by atoms with van der Waals surface area (Å²) in [6.45, 7) is 10.8. The maximum absolute atomic E-state index is 11.6. The van der Waals surface area contributed by atoms with Crippen molar-refractivity contribution in [2.45, 2.75) is 40.2 Å². The number of carbonyl (C=O) groups is 1. The first-order chi connectivity index (χ1) is 14.1. The zero-order chi connectivity index (χ0) is 21.9. The van der Waals surface area contributed by atoms with Crippen molar-refractivity contribution in [1.82, 2.24) is 20.3 Å². The second-order valence-electron chi connectivity index (χ2n) is 8.91. The van der Waals surface area contributed by atoms with Crippen molar-refractivity contribution >= 4 is 23.5 Å². The molecule has 1 atom stereocenters. The molecular weight excluding hydrogens is 382 g/mol. The molecule has 0 spiro atoms. The van der Waals surface area contributed by atoms with Crippen LogP contribution in [0.15, 0.2) is 18.2 Å². The highest BCUT2D eigenvalue weighted by Gasteiger charge is 2.21. The van der Waals surface area contributed by atoms with Crippen LogP contribution < -0.4 is 26.0 Å². The molecule has 4 N–H and O–H groups in total. The van der Waals surface area contributed by atoms with E-state index in [9.17, 15) is 4.79 Å². The maximum Gasteiger partial charge on any atom is 0.323 e. The van der Waals surface area contributed by atoms with E-state index >= 15 is 0 Å². The van der Waals surface area contributed by atoms with Gasteiger partial charge in [-0.3, -0.25) is 4.79 Å². The van der Waals surface area contributed by atoms with Gasteiger partial charge in [-0.2, -0.15) is 15.0 Å². The monoisotopic (exact) mass is 413 g/mol. The van der Waals surface area contributed by atoms with Crippen molar-refractivity contribution in [3.8, 4) is 6.01 Å². The number of carbonyl (C=O) groups excluding carboxylic acids is 1. The van der Waals surface area contributed by atoms with Gasteiger partial charge < -0.3 is 26.0 Å². The van der Waals surface area contributed by atoms with Crippen molar-refractivity contribution in [3.63, 3.8) is 0 Å². The van der Waals surface area contributed by atoms with Crippen LogP contribution in [0, 0.1) is 12.3 Å². The SMILES string of the molecule is Cc1ccc(C(N)=O)cc1Nc1nc(O[C@@H]2CCNC2)nc(N(C)CC(C)(C)C)n1. The Kier molecular flexibility index (Phi) is 6.40. The summed E-state index contributed by atoms with van der Waals surface area (Å²) in [6, 6.07) is 5.50. The number of hydrogen-bond acceptors (Lipinski definition) is 8. The number of hydrogen-bond donors (Lipinski definition) is 3. The Morgan fingerprint density at radius 3 is 2.73 bits per heavy atom. The molecule has 1 aromatic heterocycles. The summed E-state index contributed by atoms with van der Waals surface area (Å²) in [6.07, 6.45) is 0.933. The van der Waals surface area contributed by atoms with E-state index in [1.807, 2.05) is 24.9 Å². The molecule has 0 unspecified atom stereocenters. The third-order valence-electron chi connectivity index (χ3n) is 4.71. The van der Waals surface area contributed by atoms with E-state index in [4.69, 9.17) is 10.5 Å². The van der Waals surface area contributed by atoms with E-state index in [1.54, 1.807) is 12.1 Å². The number of aromatic nitrogens is 3. The average molecular weight is 414 g/mol. The average Bonchev–Trinajstić information content (AvgIpc) is 3.14. The van der Waals surface area contributed by atoms with Gasteiger partial charge in [0.1, 0.15) is 6.10 Å². The van der Waals surface area contributed by atoms with Crippen LogP contribution >= 0.6 is 0 Å². The summed E-state index contributed by atoms with van der Waals surface area (Å²) in [5, 5.41) is 6.47. The number of anilines is 3. The number of primary amides is 1. The molecule has 1 amide bonds. The smallest absolute Gasteiger partial charge is 0.323 e. The van der Waals surface area contributed by atoms with Crippen molar-refractivity contribution in [1.29, 1.82) is 0 Å². The number of rotatable bonds is 7. The third kappa shape index (κ3) is 5.79. The first-order valence-electron chi connectivity index (χ1n) is 10.1. The Bertz CT molecular complexity index is 905. The number of aryl methyl sites for hydroxylation is 1. The van der Waals surface area contributed by atoms with Crippen LogP contribution in [-0.4, -0.2) is 53.6 Å². The lowest BCUT2D eigenvalue weighted by Crippen LogP contribution is -2.31. The second-order valence-corrected chi connectivity index (χ2v) is 8.91. The summed E-state index contributed by atoms with van der Waals surface area (Å²) in [4.78, 5) is 27.1. The van der Waals surface area contributed by atoms with Gasteiger partial charge in [0.25, 0.3) is 0 Å². The highest BCUT2D eigenvalue weighted by Crippen LogP contribution is 2.24. The Balaban J connectivity index is 1.92. The van der Waals surface area contributed by atoms with E-state index < -0.39 is 5.91 Å². The van der Waals surface area contributed by atoms with Gasteiger partial charge in [-0.25, -0.2) is 0 Å². The lowest BCUT2D eigenvalue weighted by molar-refractivity contribution is 0.100. The fourth-order valence-corrected chi connectivity index (χ4v) is 3.32. The zero-order valence-electron chi connectivity index (χ0n) is 18.3. The van der Waals surface area contributed by atoms with Crippen LogP contribution in [0.4, 0.5) is 17.6 Å². The molecule has 1 saturated heterocycles. The predicted octanol–water partition coefficient (Wildman–Crippen LogP) is 2.25. The number of ether oxygens (including phenoxy) is 1. The molecule has 9 heteroatoms. The van der Waals surface area contributed by atoms with E-state index in [2.05, 4.69) is 46.4 Å². The van der Waals surface area contributed by atoms with Crippen LogP contribution in [0.25, 0.3) is 0 Å². The van der Waals surface area contributed by atoms with E-state index in [1.165, 1.54) is 0 Å². The van der Waals surface area contributed by atoms with Crippen molar-refractivity contribution in [2.24, 2.45) is 11.1 Å². The van der Waals surface area contributed by atoms with Crippen LogP contribution in [-0.2, 0) is 0 Å². The number of amides is 1. The summed E-state index contributed by atoms with van der Waals surface area (Å²) in [5.41, 5.74) is 7.55. The predicted molar refractivity (Wildman–Crippen MR) is 117 cm³/mol. The van der Waals surface area contributed by atoms with Crippen molar-refractivity contribution < 1.29 is 9.53 Å². The second kappa shape index (κ2) is 8.83. The van der Waals surface area contributed by atoms with Gasteiger partial charge in [0.15, 0.2) is 0 Å². The minimum absolute atomic E-state index is 0.0287. The topological polar surface area (TPSA) is 118 Å². The van der Waals surface area contributed by atoms with Crippen molar-refractivity contribution in [2.75, 3.05) is 36.9 Å². The quantitative estimate of drug-likeness (QED) is 0.632. The molecule has 1 fully saturated rings. The molecule has 162 valence electrons. The molecule has 1 aromatic carbocycles. The fourth-order valence-electron chi connectivity index (χ4n) is 3.32. The highest BCUT2D eigenvalue weighted by atomic mass is 16.5. The Morgan fingerprint density at radius 1 is 1.33 bits per heavy atom. The molecule has 0 saturated carbocycles. The maximum atomic E-state index is 11.6. The van der Waals surface area contributed by atoms with Crippen LogP contribution in [0.5, 0.6) is 6.01 Å². The molecule has 3 rings (SSSR count). The van der Waals surface area contributed by atoms with Gasteiger partial charge in [0, 0.05) is 31.4 Å². The first kappa shape index (κ1) is 21.8. The molecule has 9 nitrogen and oxygen atoms in total. The van der Waals surface area contributed by atoms with Crippen LogP contribution in [0.2, 0.25) is 0 Å². The zero-order valence-corrected chi connectivity index (χ0v) is 18.3. The van der Waals surface area contributed by atoms with Gasteiger partial charge >= 0.3 is 6.01 Å².